The Hall–Kier alpha value is -3.96. The Morgan fingerprint density at radius 2 is 1.50 bits per heavy atom. The van der Waals surface area contributed by atoms with Crippen LogP contribution in [0.3, 0.4) is 0 Å². The van der Waals surface area contributed by atoms with Crippen molar-refractivity contribution in [1.82, 2.24) is 4.98 Å². The van der Waals surface area contributed by atoms with Crippen LogP contribution in [0, 0.1) is 13.8 Å². The topological polar surface area (TPSA) is 42.4 Å². The molecule has 4 nitrogen and oxygen atoms in total. The van der Waals surface area contributed by atoms with E-state index >= 15 is 0 Å². The lowest BCUT2D eigenvalue weighted by Crippen LogP contribution is -2.30. The highest BCUT2D eigenvalue weighted by Crippen LogP contribution is 2.33. The Morgan fingerprint density at radius 3 is 2.26 bits per heavy atom. The maximum atomic E-state index is 13.8. The van der Waals surface area contributed by atoms with E-state index in [1.165, 1.54) is 11.1 Å². The van der Waals surface area contributed by atoms with Gasteiger partial charge in [0, 0.05) is 5.56 Å². The number of hydrogen-bond acceptors (Lipinski definition) is 4. The fourth-order valence-electron chi connectivity index (χ4n) is 3.75. The van der Waals surface area contributed by atoms with Crippen molar-refractivity contribution < 1.29 is 9.53 Å². The number of amides is 1. The summed E-state index contributed by atoms with van der Waals surface area (Å²) in [5.41, 5.74) is 4.91. The first-order valence-electron chi connectivity index (χ1n) is 11.1. The van der Waals surface area contributed by atoms with Crippen LogP contribution in [-0.4, -0.2) is 10.9 Å². The fourth-order valence-corrected chi connectivity index (χ4v) is 4.79. The van der Waals surface area contributed by atoms with E-state index in [1.807, 2.05) is 78.9 Å². The lowest BCUT2D eigenvalue weighted by Gasteiger charge is -2.20. The molecule has 0 fully saturated rings. The molecule has 0 saturated heterocycles. The number of ether oxygens (including phenoxy) is 1. The Bertz CT molecular complexity index is 1410. The van der Waals surface area contributed by atoms with E-state index in [2.05, 4.69) is 26.0 Å². The summed E-state index contributed by atoms with van der Waals surface area (Å²) in [5.74, 6) is 1.23. The minimum atomic E-state index is -0.116. The van der Waals surface area contributed by atoms with Gasteiger partial charge in [-0.15, -0.1) is 0 Å². The van der Waals surface area contributed by atoms with Gasteiger partial charge >= 0.3 is 0 Å². The maximum Gasteiger partial charge on any atom is 0.260 e. The van der Waals surface area contributed by atoms with E-state index in [-0.39, 0.29) is 5.91 Å². The van der Waals surface area contributed by atoms with Crippen LogP contribution in [0.15, 0.2) is 97.1 Å². The van der Waals surface area contributed by atoms with Crippen molar-refractivity contribution in [1.29, 1.82) is 0 Å². The molecule has 0 aliphatic rings. The number of aromatic nitrogens is 1. The van der Waals surface area contributed by atoms with E-state index in [0.717, 1.165) is 21.5 Å². The minimum absolute atomic E-state index is 0.116. The number of carbonyl (C=O) groups is 1. The molecule has 168 valence electrons. The van der Waals surface area contributed by atoms with Crippen LogP contribution in [-0.2, 0) is 6.54 Å². The number of fused-ring (bicyclic) bond motifs is 1. The normalized spacial score (nSPS) is 10.9. The molecule has 0 spiro atoms. The van der Waals surface area contributed by atoms with Gasteiger partial charge < -0.3 is 4.74 Å². The zero-order valence-corrected chi connectivity index (χ0v) is 19.9. The van der Waals surface area contributed by atoms with Crippen LogP contribution in [0.5, 0.6) is 11.5 Å². The quantitative estimate of drug-likeness (QED) is 0.260. The van der Waals surface area contributed by atoms with Crippen molar-refractivity contribution in [2.24, 2.45) is 0 Å². The van der Waals surface area contributed by atoms with Crippen LogP contribution in [0.4, 0.5) is 5.13 Å². The van der Waals surface area contributed by atoms with E-state index in [0.29, 0.717) is 23.0 Å². The lowest BCUT2D eigenvalue weighted by molar-refractivity contribution is 0.0985. The van der Waals surface area contributed by atoms with E-state index in [4.69, 9.17) is 9.72 Å². The number of rotatable bonds is 6. The molecule has 0 atom stereocenters. The second-order valence-corrected chi connectivity index (χ2v) is 9.23. The van der Waals surface area contributed by atoms with Crippen LogP contribution in [0.25, 0.3) is 10.2 Å². The second kappa shape index (κ2) is 9.49. The summed E-state index contributed by atoms with van der Waals surface area (Å²) >= 11 is 1.54. The molecule has 5 heteroatoms. The molecule has 0 saturated carbocycles. The summed E-state index contributed by atoms with van der Waals surface area (Å²) < 4.78 is 7.04. The van der Waals surface area contributed by atoms with Gasteiger partial charge in [-0.05, 0) is 73.0 Å². The zero-order valence-electron chi connectivity index (χ0n) is 19.1. The number of hydrogen-bond donors (Lipinski definition) is 0. The van der Waals surface area contributed by atoms with Gasteiger partial charge in [-0.25, -0.2) is 4.98 Å². The van der Waals surface area contributed by atoms with Gasteiger partial charge in [0.1, 0.15) is 11.5 Å². The number of anilines is 1. The highest BCUT2D eigenvalue weighted by Gasteiger charge is 2.22. The molecule has 0 unspecified atom stereocenters. The lowest BCUT2D eigenvalue weighted by atomic mass is 10.1. The molecular weight excluding hydrogens is 440 g/mol. The third kappa shape index (κ3) is 4.70. The summed E-state index contributed by atoms with van der Waals surface area (Å²) in [6, 6.07) is 31.1. The van der Waals surface area contributed by atoms with Gasteiger partial charge in [0.25, 0.3) is 5.91 Å². The molecule has 1 amide bonds. The minimum Gasteiger partial charge on any atom is -0.457 e. The third-order valence-electron chi connectivity index (χ3n) is 5.71. The van der Waals surface area contributed by atoms with Crippen LogP contribution in [0.1, 0.15) is 27.0 Å². The molecule has 0 aliphatic heterocycles. The summed E-state index contributed by atoms with van der Waals surface area (Å²) in [7, 11) is 0. The number of carbonyl (C=O) groups excluding carboxylic acids is 1. The predicted octanol–water partition coefficient (Wildman–Crippen LogP) is 7.55. The van der Waals surface area contributed by atoms with Gasteiger partial charge in [-0.3, -0.25) is 9.69 Å². The first kappa shape index (κ1) is 21.9. The second-order valence-electron chi connectivity index (χ2n) is 8.22. The SMILES string of the molecule is Cc1cc2nc(N(Cc3ccccc3)C(=O)c3cccc(Oc4ccccc4)c3)sc2cc1C. The Kier molecular flexibility index (Phi) is 6.11. The third-order valence-corrected chi connectivity index (χ3v) is 6.75. The van der Waals surface area contributed by atoms with Crippen molar-refractivity contribution >= 4 is 32.6 Å². The Labute approximate surface area is 203 Å². The number of nitrogens with zero attached hydrogens (tertiary/aromatic N) is 2. The molecule has 5 aromatic rings. The Morgan fingerprint density at radius 1 is 0.824 bits per heavy atom. The largest absolute Gasteiger partial charge is 0.457 e. The van der Waals surface area contributed by atoms with Crippen molar-refractivity contribution in [3.8, 4) is 11.5 Å². The van der Waals surface area contributed by atoms with Gasteiger partial charge in [-0.2, -0.15) is 0 Å². The molecule has 0 radical (unpaired) electrons. The summed E-state index contributed by atoms with van der Waals surface area (Å²) in [5, 5.41) is 0.684. The predicted molar refractivity (Wildman–Crippen MR) is 139 cm³/mol. The van der Waals surface area contributed by atoms with Gasteiger partial charge in [0.2, 0.25) is 0 Å². The van der Waals surface area contributed by atoms with Gasteiger partial charge in [0.05, 0.1) is 16.8 Å². The van der Waals surface area contributed by atoms with Crippen molar-refractivity contribution in [2.75, 3.05) is 4.90 Å². The smallest absolute Gasteiger partial charge is 0.260 e. The molecule has 0 bridgehead atoms. The number of benzene rings is 4. The van der Waals surface area contributed by atoms with Crippen LogP contribution < -0.4 is 9.64 Å². The van der Waals surface area contributed by atoms with E-state index in [9.17, 15) is 4.79 Å². The molecular formula is C29H24N2O2S. The van der Waals surface area contributed by atoms with Crippen LogP contribution >= 0.6 is 11.3 Å². The molecule has 5 rings (SSSR count). The average molecular weight is 465 g/mol. The Balaban J connectivity index is 1.51. The van der Waals surface area contributed by atoms with Gasteiger partial charge in [0.15, 0.2) is 5.13 Å². The van der Waals surface area contributed by atoms with Crippen molar-refractivity contribution in [2.45, 2.75) is 20.4 Å². The number of thiazole rings is 1. The molecule has 1 heterocycles. The first-order valence-corrected chi connectivity index (χ1v) is 11.9. The summed E-state index contributed by atoms with van der Waals surface area (Å²) in [4.78, 5) is 20.4. The average Bonchev–Trinajstić information content (AvgIpc) is 3.26. The summed E-state index contributed by atoms with van der Waals surface area (Å²) in [6.07, 6.45) is 0. The van der Waals surface area contributed by atoms with E-state index in [1.54, 1.807) is 22.3 Å². The molecule has 1 aromatic heterocycles. The highest BCUT2D eigenvalue weighted by atomic mass is 32.1. The molecule has 4 aromatic carbocycles. The van der Waals surface area contributed by atoms with Crippen LogP contribution in [0.2, 0.25) is 0 Å². The number of para-hydroxylation sites is 1. The monoisotopic (exact) mass is 464 g/mol. The first-order chi connectivity index (χ1) is 16.6. The molecule has 0 N–H and O–H groups in total. The van der Waals surface area contributed by atoms with Crippen molar-refractivity contribution in [3.63, 3.8) is 0 Å². The standard InChI is InChI=1S/C29H24N2O2S/c1-20-16-26-27(17-21(20)2)34-29(30-26)31(19-22-10-5-3-6-11-22)28(32)23-12-9-15-25(18-23)33-24-13-7-4-8-14-24/h3-18H,19H2,1-2H3. The number of aryl methyl sites for hydroxylation is 2. The maximum absolute atomic E-state index is 13.8. The van der Waals surface area contributed by atoms with Crippen molar-refractivity contribution in [3.05, 3.63) is 119 Å². The highest BCUT2D eigenvalue weighted by molar-refractivity contribution is 7.22. The van der Waals surface area contributed by atoms with E-state index < -0.39 is 0 Å². The molecule has 0 aliphatic carbocycles. The fraction of sp³-hybridized carbons (Fsp3) is 0.103. The van der Waals surface area contributed by atoms with Gasteiger partial charge in [-0.1, -0.05) is 65.9 Å². The zero-order chi connectivity index (χ0) is 23.5. The molecule has 34 heavy (non-hydrogen) atoms. The summed E-state index contributed by atoms with van der Waals surface area (Å²) in [6.45, 7) is 4.61.